The van der Waals surface area contributed by atoms with E-state index in [1.165, 1.54) is 11.8 Å². The molecule has 0 saturated heterocycles. The Kier molecular flexibility index (Phi) is 7.38. The van der Waals surface area contributed by atoms with Crippen LogP contribution in [0.4, 0.5) is 5.69 Å². The second kappa shape index (κ2) is 10.3. The summed E-state index contributed by atoms with van der Waals surface area (Å²) in [6.45, 7) is 8.44. The van der Waals surface area contributed by atoms with Gasteiger partial charge in [-0.3, -0.25) is 9.59 Å². The van der Waals surface area contributed by atoms with Gasteiger partial charge in [-0.15, -0.1) is 0 Å². The predicted octanol–water partition coefficient (Wildman–Crippen LogP) is 6.04. The molecule has 0 radical (unpaired) electrons. The number of benzene rings is 2. The van der Waals surface area contributed by atoms with E-state index in [1.54, 1.807) is 11.9 Å². The first-order valence-electron chi connectivity index (χ1n) is 11.5. The summed E-state index contributed by atoms with van der Waals surface area (Å²) in [4.78, 5) is 35.0. The smallest absolute Gasteiger partial charge is 0.255 e. The molecule has 2 aliphatic rings. The van der Waals surface area contributed by atoms with Gasteiger partial charge in [-0.2, -0.15) is 0 Å². The van der Waals surface area contributed by atoms with E-state index in [4.69, 9.17) is 16.6 Å². The Labute approximate surface area is 215 Å². The number of aliphatic imine (C=N–C) groups is 1. The zero-order valence-electron chi connectivity index (χ0n) is 20.6. The van der Waals surface area contributed by atoms with Crippen molar-refractivity contribution in [3.8, 4) is 0 Å². The molecule has 1 N–H and O–H groups in total. The average Bonchev–Trinajstić information content (AvgIpc) is 3.21. The molecule has 2 aliphatic heterocycles. The van der Waals surface area contributed by atoms with Gasteiger partial charge in [0.15, 0.2) is 5.17 Å². The van der Waals surface area contributed by atoms with Gasteiger partial charge in [0.25, 0.3) is 5.91 Å². The number of amidine groups is 1. The molecule has 0 aliphatic carbocycles. The number of amides is 2. The Hall–Kier alpha value is -3.03. The summed E-state index contributed by atoms with van der Waals surface area (Å²) >= 11 is 7.65. The van der Waals surface area contributed by atoms with Gasteiger partial charge in [-0.25, -0.2) is 4.99 Å². The minimum atomic E-state index is -0.438. The molecule has 6 nitrogen and oxygen atoms in total. The third kappa shape index (κ3) is 5.16. The normalized spacial score (nSPS) is 17.1. The van der Waals surface area contributed by atoms with Crippen LogP contribution in [0.2, 0.25) is 5.02 Å². The number of aryl methyl sites for hydroxylation is 2. The first-order valence-corrected chi connectivity index (χ1v) is 12.8. The zero-order valence-corrected chi connectivity index (χ0v) is 22.1. The van der Waals surface area contributed by atoms with Crippen LogP contribution in [0, 0.1) is 13.8 Å². The number of fused-ring (bicyclic) bond motifs is 1. The lowest BCUT2D eigenvalue weighted by molar-refractivity contribution is -0.129. The Morgan fingerprint density at radius 1 is 1.14 bits per heavy atom. The molecule has 2 aromatic rings. The minimum Gasteiger partial charge on any atom is -0.346 e. The highest BCUT2D eigenvalue weighted by Gasteiger charge is 2.40. The molecule has 0 saturated carbocycles. The molecular weight excluding hydrogens is 480 g/mol. The van der Waals surface area contributed by atoms with E-state index in [2.05, 4.69) is 5.32 Å². The maximum Gasteiger partial charge on any atom is 0.255 e. The van der Waals surface area contributed by atoms with E-state index in [-0.39, 0.29) is 18.2 Å². The van der Waals surface area contributed by atoms with Crippen LogP contribution in [0.1, 0.15) is 43.0 Å². The highest BCUT2D eigenvalue weighted by Crippen LogP contribution is 2.45. The summed E-state index contributed by atoms with van der Waals surface area (Å²) < 4.78 is 0. The Morgan fingerprint density at radius 2 is 1.86 bits per heavy atom. The maximum atomic E-state index is 13.7. The number of thioether (sulfide) groups is 1. The molecule has 1 unspecified atom stereocenters. The summed E-state index contributed by atoms with van der Waals surface area (Å²) in [5.41, 5.74) is 5.80. The molecule has 0 fully saturated rings. The summed E-state index contributed by atoms with van der Waals surface area (Å²) in [5.74, 6) is -0.200. The van der Waals surface area contributed by atoms with Gasteiger partial charge in [0.1, 0.15) is 0 Å². The van der Waals surface area contributed by atoms with Crippen molar-refractivity contribution in [3.05, 3.63) is 86.6 Å². The SMILES string of the molecule is CCN(C)C(=O)CC1=CSC2=NC(C)=C(C(=O)Nc3ccc(C)cc3C)C(c3ccc(Cl)cc3)N12. The summed E-state index contributed by atoms with van der Waals surface area (Å²) in [5, 5.41) is 6.43. The molecular formula is C27H29ClN4O2S. The monoisotopic (exact) mass is 508 g/mol. The van der Waals surface area contributed by atoms with Crippen molar-refractivity contribution in [2.45, 2.75) is 40.2 Å². The van der Waals surface area contributed by atoms with Gasteiger partial charge in [0, 0.05) is 30.0 Å². The van der Waals surface area contributed by atoms with Gasteiger partial charge in [0.05, 0.1) is 23.7 Å². The average molecular weight is 509 g/mol. The molecule has 2 heterocycles. The second-order valence-electron chi connectivity index (χ2n) is 8.80. The van der Waals surface area contributed by atoms with Crippen molar-refractivity contribution < 1.29 is 9.59 Å². The van der Waals surface area contributed by atoms with Crippen LogP contribution >= 0.6 is 23.4 Å². The summed E-state index contributed by atoms with van der Waals surface area (Å²) in [7, 11) is 1.79. The van der Waals surface area contributed by atoms with E-state index in [1.807, 2.05) is 80.5 Å². The number of nitrogens with zero attached hydrogens (tertiary/aromatic N) is 3. The van der Waals surface area contributed by atoms with Gasteiger partial charge in [-0.1, -0.05) is 53.2 Å². The van der Waals surface area contributed by atoms with Crippen LogP contribution in [0.15, 0.2) is 69.8 Å². The molecule has 0 aromatic heterocycles. The Balaban J connectivity index is 1.75. The van der Waals surface area contributed by atoms with E-state index >= 15 is 0 Å². The Bertz CT molecular complexity index is 1270. The van der Waals surface area contributed by atoms with Crippen LogP contribution < -0.4 is 5.32 Å². The first kappa shape index (κ1) is 25.1. The molecule has 35 heavy (non-hydrogen) atoms. The van der Waals surface area contributed by atoms with Crippen LogP contribution in [0.25, 0.3) is 0 Å². The lowest BCUT2D eigenvalue weighted by atomic mass is 9.93. The number of halogens is 1. The molecule has 2 aromatic carbocycles. The second-order valence-corrected chi connectivity index (χ2v) is 10.1. The van der Waals surface area contributed by atoms with E-state index in [0.717, 1.165) is 33.2 Å². The molecule has 8 heteroatoms. The van der Waals surface area contributed by atoms with Gasteiger partial charge >= 0.3 is 0 Å². The lowest BCUT2D eigenvalue weighted by Crippen LogP contribution is -2.39. The van der Waals surface area contributed by atoms with Crippen molar-refractivity contribution in [1.29, 1.82) is 0 Å². The number of hydrogen-bond donors (Lipinski definition) is 1. The molecule has 182 valence electrons. The lowest BCUT2D eigenvalue weighted by Gasteiger charge is -2.37. The number of anilines is 1. The quantitative estimate of drug-likeness (QED) is 0.516. The number of hydrogen-bond acceptors (Lipinski definition) is 5. The largest absolute Gasteiger partial charge is 0.346 e. The van der Waals surface area contributed by atoms with Crippen molar-refractivity contribution in [2.75, 3.05) is 18.9 Å². The molecule has 2 amide bonds. The topological polar surface area (TPSA) is 65.0 Å². The standard InChI is InChI=1S/C27H29ClN4O2S/c1-6-31(5)23(33)14-21-15-35-27-29-18(4)24(25(32(21)27)19-8-10-20(28)11-9-19)26(34)30-22-12-7-16(2)13-17(22)3/h7-13,15,25H,6,14H2,1-5H3,(H,30,34). The van der Waals surface area contributed by atoms with Crippen molar-refractivity contribution in [1.82, 2.24) is 9.80 Å². The fourth-order valence-corrected chi connectivity index (χ4v) is 5.32. The van der Waals surface area contributed by atoms with E-state index in [0.29, 0.717) is 22.8 Å². The Morgan fingerprint density at radius 3 is 2.51 bits per heavy atom. The molecule has 4 rings (SSSR count). The molecule has 1 atom stereocenters. The third-order valence-electron chi connectivity index (χ3n) is 6.29. The molecule has 0 bridgehead atoms. The van der Waals surface area contributed by atoms with E-state index < -0.39 is 6.04 Å². The van der Waals surface area contributed by atoms with Crippen molar-refractivity contribution >= 4 is 46.0 Å². The highest BCUT2D eigenvalue weighted by molar-refractivity contribution is 8.16. The number of nitrogens with one attached hydrogen (secondary N) is 1. The summed E-state index contributed by atoms with van der Waals surface area (Å²) in [6, 6.07) is 13.0. The van der Waals surface area contributed by atoms with Gasteiger partial charge in [0.2, 0.25) is 5.91 Å². The number of carbonyl (C=O) groups is 2. The number of allylic oxidation sites excluding steroid dienone is 1. The maximum absolute atomic E-state index is 13.7. The predicted molar refractivity (Wildman–Crippen MR) is 144 cm³/mol. The fourth-order valence-electron chi connectivity index (χ4n) is 4.23. The minimum absolute atomic E-state index is 0.0167. The van der Waals surface area contributed by atoms with Gasteiger partial charge < -0.3 is 15.1 Å². The highest BCUT2D eigenvalue weighted by atomic mass is 35.5. The molecule has 0 spiro atoms. The van der Waals surface area contributed by atoms with Crippen LogP contribution in [-0.2, 0) is 9.59 Å². The van der Waals surface area contributed by atoms with Crippen LogP contribution in [0.3, 0.4) is 0 Å². The zero-order chi connectivity index (χ0) is 25.3. The van der Waals surface area contributed by atoms with Crippen LogP contribution in [-0.4, -0.2) is 40.4 Å². The van der Waals surface area contributed by atoms with Crippen LogP contribution in [0.5, 0.6) is 0 Å². The number of carbonyl (C=O) groups excluding carboxylic acids is 2. The third-order valence-corrected chi connectivity index (χ3v) is 7.43. The number of rotatable bonds is 6. The summed E-state index contributed by atoms with van der Waals surface area (Å²) in [6.07, 6.45) is 0.228. The van der Waals surface area contributed by atoms with E-state index in [9.17, 15) is 9.59 Å². The fraction of sp³-hybridized carbons (Fsp3) is 0.296. The van der Waals surface area contributed by atoms with Gasteiger partial charge in [-0.05, 0) is 62.4 Å². The first-order chi connectivity index (χ1) is 16.7. The van der Waals surface area contributed by atoms with Crippen molar-refractivity contribution in [3.63, 3.8) is 0 Å². The van der Waals surface area contributed by atoms with Crippen molar-refractivity contribution in [2.24, 2.45) is 4.99 Å².